The number of hydrogen-bond donors (Lipinski definition) is 1. The topological polar surface area (TPSA) is 64.6 Å². The second-order valence-corrected chi connectivity index (χ2v) is 6.71. The molecule has 1 fully saturated rings. The number of hydrogen-bond acceptors (Lipinski definition) is 5. The maximum absolute atomic E-state index is 13.1. The van der Waals surface area contributed by atoms with Gasteiger partial charge in [-0.1, -0.05) is 23.7 Å². The lowest BCUT2D eigenvalue weighted by atomic mass is 10.2. The van der Waals surface area contributed by atoms with Crippen molar-refractivity contribution >= 4 is 40.6 Å². The van der Waals surface area contributed by atoms with E-state index in [1.807, 2.05) is 0 Å². The zero-order valence-corrected chi connectivity index (χ0v) is 15.1. The molecule has 26 heavy (non-hydrogen) atoms. The Labute approximate surface area is 158 Å². The lowest BCUT2D eigenvalue weighted by Crippen LogP contribution is -2.17. The smallest absolute Gasteiger partial charge is 0.290 e. The predicted molar refractivity (Wildman–Crippen MR) is 97.8 cm³/mol. The van der Waals surface area contributed by atoms with Gasteiger partial charge in [0.2, 0.25) is 0 Å². The van der Waals surface area contributed by atoms with Gasteiger partial charge in [0.1, 0.15) is 12.4 Å². The Morgan fingerprint density at radius 2 is 2.00 bits per heavy atom. The van der Waals surface area contributed by atoms with Crippen LogP contribution in [0.2, 0.25) is 5.02 Å². The molecule has 134 valence electrons. The standard InChI is InChI=1S/C18H13ClFNO4S/c1-24-15-6-10(7-16-17(22)21-18(23)26-16)2-5-14(15)25-9-11-3-4-12(20)8-13(11)19/h2-8H,9H2,1H3,(H,21,22,23)/b16-7+. The Hall–Kier alpha value is -2.51. The second-order valence-electron chi connectivity index (χ2n) is 5.29. The highest BCUT2D eigenvalue weighted by molar-refractivity contribution is 8.18. The normalized spacial score (nSPS) is 15.3. The van der Waals surface area contributed by atoms with E-state index < -0.39 is 17.0 Å². The highest BCUT2D eigenvalue weighted by Crippen LogP contribution is 2.32. The van der Waals surface area contributed by atoms with E-state index in [2.05, 4.69) is 5.32 Å². The van der Waals surface area contributed by atoms with E-state index in [9.17, 15) is 14.0 Å². The van der Waals surface area contributed by atoms with Crippen molar-refractivity contribution in [2.45, 2.75) is 6.61 Å². The first kappa shape index (κ1) is 18.3. The number of thioether (sulfide) groups is 1. The maximum atomic E-state index is 13.1. The Bertz CT molecular complexity index is 916. The average Bonchev–Trinajstić information content (AvgIpc) is 2.92. The largest absolute Gasteiger partial charge is 0.493 e. The van der Waals surface area contributed by atoms with Crippen molar-refractivity contribution in [2.24, 2.45) is 0 Å². The molecule has 8 heteroatoms. The minimum Gasteiger partial charge on any atom is -0.493 e. The molecule has 0 unspecified atom stereocenters. The first-order chi connectivity index (χ1) is 12.5. The van der Waals surface area contributed by atoms with E-state index in [4.69, 9.17) is 21.1 Å². The third-order valence-electron chi connectivity index (χ3n) is 3.53. The van der Waals surface area contributed by atoms with Crippen molar-refractivity contribution in [2.75, 3.05) is 7.11 Å². The van der Waals surface area contributed by atoms with Crippen LogP contribution < -0.4 is 14.8 Å². The zero-order valence-electron chi connectivity index (χ0n) is 13.5. The maximum Gasteiger partial charge on any atom is 0.290 e. The Morgan fingerprint density at radius 1 is 1.19 bits per heavy atom. The molecule has 0 aliphatic carbocycles. The molecule has 1 aliphatic heterocycles. The van der Waals surface area contributed by atoms with Crippen LogP contribution in [-0.2, 0) is 11.4 Å². The summed E-state index contributed by atoms with van der Waals surface area (Å²) in [6.45, 7) is 0.142. The van der Waals surface area contributed by atoms with Gasteiger partial charge in [-0.05, 0) is 47.7 Å². The van der Waals surface area contributed by atoms with Gasteiger partial charge in [-0.15, -0.1) is 0 Å². The Balaban J connectivity index is 1.77. The first-order valence-electron chi connectivity index (χ1n) is 7.46. The molecular formula is C18H13ClFNO4S. The number of methoxy groups -OCH3 is 1. The van der Waals surface area contributed by atoms with Gasteiger partial charge in [-0.3, -0.25) is 14.9 Å². The van der Waals surface area contributed by atoms with Crippen molar-refractivity contribution in [3.05, 3.63) is 63.3 Å². The van der Waals surface area contributed by atoms with E-state index in [0.717, 1.165) is 11.8 Å². The molecule has 0 radical (unpaired) electrons. The zero-order chi connectivity index (χ0) is 18.7. The molecule has 2 amide bonds. The molecule has 5 nitrogen and oxygen atoms in total. The quantitative estimate of drug-likeness (QED) is 0.763. The molecule has 1 saturated heterocycles. The number of nitrogens with one attached hydrogen (secondary N) is 1. The summed E-state index contributed by atoms with van der Waals surface area (Å²) < 4.78 is 24.1. The molecule has 0 aromatic heterocycles. The molecule has 1 heterocycles. The van der Waals surface area contributed by atoms with E-state index >= 15 is 0 Å². The third-order valence-corrected chi connectivity index (χ3v) is 4.69. The first-order valence-corrected chi connectivity index (χ1v) is 8.65. The molecule has 0 atom stereocenters. The highest BCUT2D eigenvalue weighted by Gasteiger charge is 2.25. The Morgan fingerprint density at radius 3 is 2.65 bits per heavy atom. The molecular weight excluding hydrogens is 381 g/mol. The van der Waals surface area contributed by atoms with Gasteiger partial charge >= 0.3 is 0 Å². The van der Waals surface area contributed by atoms with Crippen LogP contribution in [-0.4, -0.2) is 18.3 Å². The minimum atomic E-state index is -0.426. The third kappa shape index (κ3) is 4.17. The van der Waals surface area contributed by atoms with Crippen LogP contribution >= 0.6 is 23.4 Å². The number of ether oxygens (including phenoxy) is 2. The van der Waals surface area contributed by atoms with Gasteiger partial charge in [-0.2, -0.15) is 0 Å². The summed E-state index contributed by atoms with van der Waals surface area (Å²) >= 11 is 6.83. The van der Waals surface area contributed by atoms with Crippen LogP contribution in [0.25, 0.3) is 6.08 Å². The summed E-state index contributed by atoms with van der Waals surface area (Å²) in [4.78, 5) is 23.1. The van der Waals surface area contributed by atoms with E-state index in [-0.39, 0.29) is 11.6 Å². The van der Waals surface area contributed by atoms with Crippen molar-refractivity contribution in [1.29, 1.82) is 0 Å². The van der Waals surface area contributed by atoms with E-state index in [1.54, 1.807) is 30.3 Å². The summed E-state index contributed by atoms with van der Waals surface area (Å²) in [7, 11) is 1.49. The summed E-state index contributed by atoms with van der Waals surface area (Å²) in [6.07, 6.45) is 1.59. The fourth-order valence-corrected chi connectivity index (χ4v) is 3.16. The average molecular weight is 394 g/mol. The lowest BCUT2D eigenvalue weighted by Gasteiger charge is -2.12. The molecule has 0 spiro atoms. The van der Waals surface area contributed by atoms with Crippen molar-refractivity contribution in [3.63, 3.8) is 0 Å². The Kier molecular flexibility index (Phi) is 5.49. The van der Waals surface area contributed by atoms with E-state index in [1.165, 1.54) is 19.2 Å². The minimum absolute atomic E-state index is 0.142. The van der Waals surface area contributed by atoms with Crippen LogP contribution in [0, 0.1) is 5.82 Å². The number of benzene rings is 2. The number of halogens is 2. The molecule has 2 aromatic rings. The van der Waals surface area contributed by atoms with Gasteiger partial charge in [-0.25, -0.2) is 4.39 Å². The highest BCUT2D eigenvalue weighted by atomic mass is 35.5. The van der Waals surface area contributed by atoms with Crippen LogP contribution in [0.4, 0.5) is 9.18 Å². The fourth-order valence-electron chi connectivity index (χ4n) is 2.26. The summed E-state index contributed by atoms with van der Waals surface area (Å²) in [5.41, 5.74) is 1.32. The summed E-state index contributed by atoms with van der Waals surface area (Å²) in [5, 5.41) is 2.07. The summed E-state index contributed by atoms with van der Waals surface area (Å²) in [5.74, 6) is 0.0771. The fraction of sp³-hybridized carbons (Fsp3) is 0.111. The number of carbonyl (C=O) groups excluding carboxylic acids is 2. The summed E-state index contributed by atoms with van der Waals surface area (Å²) in [6, 6.07) is 9.18. The SMILES string of the molecule is COc1cc(/C=C2/SC(=O)NC2=O)ccc1OCc1ccc(F)cc1Cl. The number of rotatable bonds is 5. The predicted octanol–water partition coefficient (Wildman–Crippen LogP) is 4.39. The molecule has 3 rings (SSSR count). The number of carbonyl (C=O) groups is 2. The number of amides is 2. The molecule has 1 N–H and O–H groups in total. The van der Waals surface area contributed by atoms with Crippen LogP contribution in [0.1, 0.15) is 11.1 Å². The van der Waals surface area contributed by atoms with Crippen LogP contribution in [0.15, 0.2) is 41.3 Å². The monoisotopic (exact) mass is 393 g/mol. The van der Waals surface area contributed by atoms with Gasteiger partial charge in [0, 0.05) is 5.56 Å². The second kappa shape index (κ2) is 7.80. The van der Waals surface area contributed by atoms with Crippen molar-refractivity contribution < 1.29 is 23.5 Å². The van der Waals surface area contributed by atoms with Gasteiger partial charge in [0.25, 0.3) is 11.1 Å². The van der Waals surface area contributed by atoms with Crippen molar-refractivity contribution in [3.8, 4) is 11.5 Å². The van der Waals surface area contributed by atoms with Crippen LogP contribution in [0.5, 0.6) is 11.5 Å². The van der Waals surface area contributed by atoms with E-state index in [0.29, 0.717) is 27.5 Å². The molecule has 0 bridgehead atoms. The molecule has 2 aromatic carbocycles. The van der Waals surface area contributed by atoms with Gasteiger partial charge < -0.3 is 9.47 Å². The van der Waals surface area contributed by atoms with Gasteiger partial charge in [0.05, 0.1) is 17.0 Å². The van der Waals surface area contributed by atoms with Gasteiger partial charge in [0.15, 0.2) is 11.5 Å². The lowest BCUT2D eigenvalue weighted by molar-refractivity contribution is -0.115. The number of imide groups is 1. The molecule has 0 saturated carbocycles. The molecule has 1 aliphatic rings. The van der Waals surface area contributed by atoms with Crippen molar-refractivity contribution in [1.82, 2.24) is 5.32 Å². The van der Waals surface area contributed by atoms with Crippen LogP contribution in [0.3, 0.4) is 0 Å².